The lowest BCUT2D eigenvalue weighted by molar-refractivity contribution is -0.576. The van der Waals surface area contributed by atoms with Crippen LogP contribution in [-0.4, -0.2) is 33.7 Å². The molecule has 4 aliphatic heterocycles. The van der Waals surface area contributed by atoms with E-state index in [9.17, 15) is 0 Å². The molecule has 0 radical (unpaired) electrons. The number of rotatable bonds is 1. The van der Waals surface area contributed by atoms with E-state index in [2.05, 4.69) is 6.92 Å². The Morgan fingerprint density at radius 1 is 1.12 bits per heavy atom. The summed E-state index contributed by atoms with van der Waals surface area (Å²) in [4.78, 5) is 11.8. The number of nitrogens with one attached hydrogen (secondary N) is 1. The van der Waals surface area contributed by atoms with Crippen LogP contribution < -0.4 is 0 Å². The normalized spacial score (nSPS) is 50.7. The molecule has 1 N–H and O–H groups in total. The molecule has 1 aliphatic carbocycles. The van der Waals surface area contributed by atoms with Crippen LogP contribution in [0.25, 0.3) is 0 Å². The van der Waals surface area contributed by atoms with Gasteiger partial charge in [-0.1, -0.05) is 48.7 Å². The highest BCUT2D eigenvalue weighted by atomic mass is 35.6. The molecule has 1 spiro atoms. The number of alkyl halides is 3. The number of hydrogen-bond donors (Lipinski definition) is 1. The molecule has 4 saturated heterocycles. The van der Waals surface area contributed by atoms with Crippen LogP contribution in [0, 0.1) is 29.1 Å². The highest BCUT2D eigenvalue weighted by Crippen LogP contribution is 2.60. The minimum atomic E-state index is -1.93. The van der Waals surface area contributed by atoms with Crippen LogP contribution in [0.2, 0.25) is 0 Å². The maximum Gasteiger partial charge on any atom is 0.265 e. The van der Waals surface area contributed by atoms with Gasteiger partial charge in [0.15, 0.2) is 11.9 Å². The maximum absolute atomic E-state index is 7.90. The fourth-order valence-corrected chi connectivity index (χ4v) is 5.32. The summed E-state index contributed by atoms with van der Waals surface area (Å²) in [6.45, 7) is 6.13. The first kappa shape index (κ1) is 19.5. The summed E-state index contributed by atoms with van der Waals surface area (Å²) in [5, 5.41) is 7.90. The quantitative estimate of drug-likeness (QED) is 0.287. The minimum Gasteiger partial charge on any atom is -0.448 e. The Morgan fingerprint density at radius 2 is 1.85 bits per heavy atom. The third-order valence-corrected chi connectivity index (χ3v) is 7.10. The van der Waals surface area contributed by atoms with E-state index in [-0.39, 0.29) is 17.8 Å². The van der Waals surface area contributed by atoms with Gasteiger partial charge in [0, 0.05) is 18.3 Å². The Bertz CT molecular complexity index is 601. The zero-order valence-corrected chi connectivity index (χ0v) is 17.2. The Kier molecular flexibility index (Phi) is 4.76. The van der Waals surface area contributed by atoms with E-state index in [4.69, 9.17) is 64.2 Å². The summed E-state index contributed by atoms with van der Waals surface area (Å²) < 4.78 is 16.0. The fraction of sp³-hybridized carbons (Fsp3) is 0.941. The van der Waals surface area contributed by atoms with Gasteiger partial charge in [0.1, 0.15) is 0 Å². The predicted octanol–water partition coefficient (Wildman–Crippen LogP) is 4.56. The lowest BCUT2D eigenvalue weighted by Gasteiger charge is -2.60. The molecular weight excluding hydrogens is 405 g/mol. The van der Waals surface area contributed by atoms with Crippen molar-refractivity contribution in [1.29, 1.82) is 5.41 Å². The molecule has 1 saturated carbocycles. The van der Waals surface area contributed by atoms with Crippen molar-refractivity contribution in [3.05, 3.63) is 0 Å². The van der Waals surface area contributed by atoms with Crippen molar-refractivity contribution in [2.45, 2.75) is 74.2 Å². The zero-order valence-electron chi connectivity index (χ0n) is 15.0. The lowest BCUT2D eigenvalue weighted by Crippen LogP contribution is -2.70. The number of ether oxygens (including phenoxy) is 3. The van der Waals surface area contributed by atoms with Gasteiger partial charge in [-0.3, -0.25) is 5.41 Å². The maximum atomic E-state index is 7.90. The molecule has 0 aromatic carbocycles. The van der Waals surface area contributed by atoms with Crippen LogP contribution in [0.5, 0.6) is 0 Å². The largest absolute Gasteiger partial charge is 0.448 e. The molecule has 5 aliphatic rings. The molecule has 6 nitrogen and oxygen atoms in total. The molecule has 8 atom stereocenters. The molecule has 148 valence electrons. The van der Waals surface area contributed by atoms with E-state index in [1.165, 1.54) is 0 Å². The van der Waals surface area contributed by atoms with Gasteiger partial charge in [-0.05, 0) is 38.0 Å². The second-order valence-electron chi connectivity index (χ2n) is 8.22. The van der Waals surface area contributed by atoms with Crippen LogP contribution in [0.1, 0.15) is 46.5 Å². The van der Waals surface area contributed by atoms with Gasteiger partial charge in [0.2, 0.25) is 18.0 Å². The third-order valence-electron chi connectivity index (χ3n) is 6.59. The van der Waals surface area contributed by atoms with Crippen molar-refractivity contribution in [3.8, 4) is 0 Å². The molecule has 0 aromatic rings. The van der Waals surface area contributed by atoms with Crippen LogP contribution in [0.3, 0.4) is 0 Å². The molecule has 0 unspecified atom stereocenters. The smallest absolute Gasteiger partial charge is 0.265 e. The number of fused-ring (bicyclic) bond motifs is 2. The van der Waals surface area contributed by atoms with E-state index in [1.807, 2.05) is 13.8 Å². The monoisotopic (exact) mass is 427 g/mol. The first-order valence-electron chi connectivity index (χ1n) is 9.09. The molecule has 4 heterocycles. The van der Waals surface area contributed by atoms with Crippen LogP contribution in [0.4, 0.5) is 0 Å². The third kappa shape index (κ3) is 2.88. The van der Waals surface area contributed by atoms with Crippen LogP contribution >= 0.6 is 34.8 Å². The van der Waals surface area contributed by atoms with E-state index in [0.29, 0.717) is 5.92 Å². The van der Waals surface area contributed by atoms with E-state index in [1.54, 1.807) is 0 Å². The van der Waals surface area contributed by atoms with Crippen LogP contribution in [0.15, 0.2) is 0 Å². The predicted molar refractivity (Wildman–Crippen MR) is 95.9 cm³/mol. The van der Waals surface area contributed by atoms with Crippen molar-refractivity contribution in [1.82, 2.24) is 0 Å². The van der Waals surface area contributed by atoms with Gasteiger partial charge in [0.25, 0.3) is 3.79 Å². The first-order chi connectivity index (χ1) is 12.1. The summed E-state index contributed by atoms with van der Waals surface area (Å²) in [7, 11) is 0. The first-order valence-corrected chi connectivity index (χ1v) is 10.2. The molecule has 0 aromatic heterocycles. The van der Waals surface area contributed by atoms with Gasteiger partial charge >= 0.3 is 0 Å². The van der Waals surface area contributed by atoms with Crippen molar-refractivity contribution in [2.75, 3.05) is 0 Å². The molecule has 5 rings (SSSR count). The van der Waals surface area contributed by atoms with Gasteiger partial charge in [-0.25, -0.2) is 9.78 Å². The van der Waals surface area contributed by atoms with Crippen molar-refractivity contribution >= 4 is 40.7 Å². The summed E-state index contributed by atoms with van der Waals surface area (Å²) in [5.41, 5.74) is -0.672. The van der Waals surface area contributed by atoms with Crippen molar-refractivity contribution < 1.29 is 24.0 Å². The second-order valence-corrected chi connectivity index (χ2v) is 10.5. The summed E-state index contributed by atoms with van der Waals surface area (Å²) in [6, 6.07) is 0. The Balaban J connectivity index is 1.67. The topological polar surface area (TPSA) is 70.0 Å². The molecule has 0 amide bonds. The minimum absolute atomic E-state index is 0.0800. The van der Waals surface area contributed by atoms with E-state index < -0.39 is 33.7 Å². The fourth-order valence-electron chi connectivity index (χ4n) is 5.19. The second kappa shape index (κ2) is 6.34. The number of halogens is 3. The van der Waals surface area contributed by atoms with Crippen molar-refractivity contribution in [2.24, 2.45) is 23.7 Å². The highest BCUT2D eigenvalue weighted by molar-refractivity contribution is 6.76. The Hall–Kier alpha value is 0.180. The lowest BCUT2D eigenvalue weighted by atomic mass is 9.58. The standard InChI is InChI=1S/C17H24Cl3NO5/c1-8-4-5-11-9(2)12(22-13(21)17(18,19)20)23-14-16(11)10(8)6-7-15(3,24-14)25-26-16/h8-12,14,21H,4-7H2,1-3H3/t8-,9-,10+,11+,12+,14-,15-,16-/m1/s1. The average Bonchev–Trinajstić information content (AvgIpc) is 2.77. The Morgan fingerprint density at radius 3 is 2.54 bits per heavy atom. The van der Waals surface area contributed by atoms with Gasteiger partial charge < -0.3 is 14.2 Å². The number of hydrogen-bond acceptors (Lipinski definition) is 6. The van der Waals surface area contributed by atoms with Crippen molar-refractivity contribution in [3.63, 3.8) is 0 Å². The van der Waals surface area contributed by atoms with Gasteiger partial charge in [-0.15, -0.1) is 0 Å². The van der Waals surface area contributed by atoms with E-state index >= 15 is 0 Å². The van der Waals surface area contributed by atoms with Gasteiger partial charge in [-0.2, -0.15) is 0 Å². The SMILES string of the molecule is C[C@H]1[C@@H](OC(=N)C(Cl)(Cl)Cl)O[C@@H]2O[C@@]3(C)CC[C@H]4[C@H](C)CC[C@@H]1[C@@]24OO3. The average molecular weight is 429 g/mol. The molecular formula is C17H24Cl3NO5. The highest BCUT2D eigenvalue weighted by Gasteiger charge is 2.69. The van der Waals surface area contributed by atoms with Crippen LogP contribution in [-0.2, 0) is 24.0 Å². The molecule has 26 heavy (non-hydrogen) atoms. The van der Waals surface area contributed by atoms with Gasteiger partial charge in [0.05, 0.1) is 0 Å². The summed E-state index contributed by atoms with van der Waals surface area (Å²) in [5.74, 6) is -0.549. The van der Waals surface area contributed by atoms with E-state index in [0.717, 1.165) is 25.7 Å². The summed E-state index contributed by atoms with van der Waals surface area (Å²) >= 11 is 17.3. The molecule has 9 heteroatoms. The summed E-state index contributed by atoms with van der Waals surface area (Å²) in [6.07, 6.45) is 2.31. The molecule has 5 fully saturated rings. The molecule has 2 bridgehead atoms. The Labute approximate surface area is 168 Å². The zero-order chi connectivity index (χ0) is 18.9.